The summed E-state index contributed by atoms with van der Waals surface area (Å²) in [7, 11) is 0. The maximum absolute atomic E-state index is 6.00. The van der Waals surface area contributed by atoms with Crippen molar-refractivity contribution in [2.24, 2.45) is 0 Å². The molecule has 2 rings (SSSR count). The topological polar surface area (TPSA) is 35.0 Å². The highest BCUT2D eigenvalue weighted by Gasteiger charge is 2.07. The molecule has 16 heavy (non-hydrogen) atoms. The molecule has 0 saturated carbocycles. The van der Waals surface area contributed by atoms with Gasteiger partial charge in [0.25, 0.3) is 0 Å². The lowest BCUT2D eigenvalue weighted by Crippen LogP contribution is -1.93. The second-order valence-electron chi connectivity index (χ2n) is 3.12. The number of nitrogens with zero attached hydrogens (tertiary/aromatic N) is 2. The fraction of sp³-hybridized carbons (Fsp3) is 0.0909. The van der Waals surface area contributed by atoms with Gasteiger partial charge in [0.15, 0.2) is 0 Å². The number of ether oxygens (including phenoxy) is 1. The third kappa shape index (κ3) is 2.51. The first-order valence-electron chi connectivity index (χ1n) is 4.57. The molecule has 82 valence electrons. The Balaban J connectivity index is 2.34. The smallest absolute Gasteiger partial charge is 0.240 e. The molecule has 0 aliphatic carbocycles. The summed E-state index contributed by atoms with van der Waals surface area (Å²) in [4.78, 5) is 8.17. The van der Waals surface area contributed by atoms with Crippen molar-refractivity contribution in [3.05, 3.63) is 45.8 Å². The molecule has 1 aromatic carbocycles. The molecule has 1 aromatic heterocycles. The molecule has 2 aromatic rings. The van der Waals surface area contributed by atoms with Gasteiger partial charge in [-0.2, -0.15) is 0 Å². The van der Waals surface area contributed by atoms with Crippen LogP contribution in [0, 0.1) is 6.92 Å². The third-order valence-electron chi connectivity index (χ3n) is 1.94. The second kappa shape index (κ2) is 4.80. The molecule has 0 bridgehead atoms. The first-order chi connectivity index (χ1) is 7.66. The molecule has 0 radical (unpaired) electrons. The van der Waals surface area contributed by atoms with Crippen molar-refractivity contribution in [2.75, 3.05) is 0 Å². The average Bonchev–Trinajstić information content (AvgIpc) is 2.27. The minimum atomic E-state index is 0.461. The summed E-state index contributed by atoms with van der Waals surface area (Å²) in [5, 5.41) is 0.535. The zero-order valence-electron chi connectivity index (χ0n) is 8.45. The number of aryl methyl sites for hydroxylation is 1. The largest absolute Gasteiger partial charge is 0.436 e. The van der Waals surface area contributed by atoms with E-state index in [-0.39, 0.29) is 0 Å². The van der Waals surface area contributed by atoms with E-state index < -0.39 is 0 Å². The first-order valence-corrected chi connectivity index (χ1v) is 5.74. The number of benzene rings is 1. The Bertz CT molecular complexity index is 519. The predicted octanol–water partition coefficient (Wildman–Crippen LogP) is 3.99. The molecule has 0 aliphatic heterocycles. The molecule has 5 heteroatoms. The molecule has 1 heterocycles. The SMILES string of the molecule is Cc1nccnc1Oc1cc(Br)ccc1Cl. The average molecular weight is 300 g/mol. The summed E-state index contributed by atoms with van der Waals surface area (Å²) < 4.78 is 6.48. The monoisotopic (exact) mass is 298 g/mol. The summed E-state index contributed by atoms with van der Waals surface area (Å²) in [6.45, 7) is 1.83. The van der Waals surface area contributed by atoms with E-state index in [1.807, 2.05) is 13.0 Å². The highest BCUT2D eigenvalue weighted by molar-refractivity contribution is 9.10. The Morgan fingerprint density at radius 1 is 1.25 bits per heavy atom. The van der Waals surface area contributed by atoms with Gasteiger partial charge in [0.1, 0.15) is 5.75 Å². The molecule has 3 nitrogen and oxygen atoms in total. The third-order valence-corrected chi connectivity index (χ3v) is 2.74. The van der Waals surface area contributed by atoms with E-state index in [0.29, 0.717) is 16.7 Å². The first kappa shape index (κ1) is 11.4. The van der Waals surface area contributed by atoms with E-state index in [2.05, 4.69) is 25.9 Å². The lowest BCUT2D eigenvalue weighted by molar-refractivity contribution is 0.455. The fourth-order valence-corrected chi connectivity index (χ4v) is 1.65. The zero-order valence-corrected chi connectivity index (χ0v) is 10.8. The minimum absolute atomic E-state index is 0.461. The number of hydrogen-bond donors (Lipinski definition) is 0. The Morgan fingerprint density at radius 3 is 2.75 bits per heavy atom. The van der Waals surface area contributed by atoms with Crippen LogP contribution in [0.2, 0.25) is 5.02 Å². The van der Waals surface area contributed by atoms with Gasteiger partial charge in [-0.25, -0.2) is 4.98 Å². The van der Waals surface area contributed by atoms with E-state index in [1.165, 1.54) is 0 Å². The zero-order chi connectivity index (χ0) is 11.5. The van der Waals surface area contributed by atoms with E-state index in [0.717, 1.165) is 10.2 Å². The molecule has 0 amide bonds. The van der Waals surface area contributed by atoms with Crippen LogP contribution in [0.15, 0.2) is 35.1 Å². The van der Waals surface area contributed by atoms with Gasteiger partial charge in [-0.3, -0.25) is 4.98 Å². The van der Waals surface area contributed by atoms with Gasteiger partial charge in [-0.05, 0) is 25.1 Å². The Labute approximate surface area is 107 Å². The Kier molecular flexibility index (Phi) is 3.41. The lowest BCUT2D eigenvalue weighted by atomic mass is 10.3. The number of hydrogen-bond acceptors (Lipinski definition) is 3. The van der Waals surface area contributed by atoms with Crippen molar-refractivity contribution in [1.82, 2.24) is 9.97 Å². The van der Waals surface area contributed by atoms with E-state index in [1.54, 1.807) is 24.5 Å². The molecule has 0 spiro atoms. The summed E-state index contributed by atoms with van der Waals surface area (Å²) in [6, 6.07) is 5.39. The van der Waals surface area contributed by atoms with Gasteiger partial charge < -0.3 is 4.74 Å². The van der Waals surface area contributed by atoms with Crippen LogP contribution in [0.3, 0.4) is 0 Å². The summed E-state index contributed by atoms with van der Waals surface area (Å²) >= 11 is 9.36. The van der Waals surface area contributed by atoms with Crippen molar-refractivity contribution in [3.8, 4) is 11.6 Å². The van der Waals surface area contributed by atoms with Crippen LogP contribution in [-0.2, 0) is 0 Å². The van der Waals surface area contributed by atoms with Crippen molar-refractivity contribution >= 4 is 27.5 Å². The van der Waals surface area contributed by atoms with Crippen molar-refractivity contribution in [3.63, 3.8) is 0 Å². The van der Waals surface area contributed by atoms with Gasteiger partial charge in [0.05, 0.1) is 10.7 Å². The van der Waals surface area contributed by atoms with Crippen LogP contribution >= 0.6 is 27.5 Å². The van der Waals surface area contributed by atoms with Crippen LogP contribution in [0.5, 0.6) is 11.6 Å². The van der Waals surface area contributed by atoms with E-state index >= 15 is 0 Å². The van der Waals surface area contributed by atoms with Crippen molar-refractivity contribution < 1.29 is 4.74 Å². The van der Waals surface area contributed by atoms with E-state index in [9.17, 15) is 0 Å². The minimum Gasteiger partial charge on any atom is -0.436 e. The summed E-state index contributed by atoms with van der Waals surface area (Å²) in [5.74, 6) is 1.02. The standard InChI is InChI=1S/C11H8BrClN2O/c1-7-11(15-5-4-14-7)16-10-6-8(12)2-3-9(10)13/h2-6H,1H3. The van der Waals surface area contributed by atoms with Crippen LogP contribution < -0.4 is 4.74 Å². The molecular weight excluding hydrogens is 291 g/mol. The van der Waals surface area contributed by atoms with Gasteiger partial charge in [-0.1, -0.05) is 27.5 Å². The quantitative estimate of drug-likeness (QED) is 0.841. The molecule has 0 N–H and O–H groups in total. The van der Waals surface area contributed by atoms with Crippen molar-refractivity contribution in [1.29, 1.82) is 0 Å². The van der Waals surface area contributed by atoms with E-state index in [4.69, 9.17) is 16.3 Å². The van der Waals surface area contributed by atoms with Gasteiger partial charge in [0, 0.05) is 16.9 Å². The van der Waals surface area contributed by atoms with Gasteiger partial charge in [-0.15, -0.1) is 0 Å². The highest BCUT2D eigenvalue weighted by Crippen LogP contribution is 2.31. The van der Waals surface area contributed by atoms with Crippen LogP contribution in [-0.4, -0.2) is 9.97 Å². The number of aromatic nitrogens is 2. The molecule has 0 fully saturated rings. The highest BCUT2D eigenvalue weighted by atomic mass is 79.9. The van der Waals surface area contributed by atoms with Crippen LogP contribution in [0.4, 0.5) is 0 Å². The lowest BCUT2D eigenvalue weighted by Gasteiger charge is -2.08. The predicted molar refractivity (Wildman–Crippen MR) is 66.0 cm³/mol. The molecule has 0 atom stereocenters. The molecule has 0 saturated heterocycles. The van der Waals surface area contributed by atoms with Crippen LogP contribution in [0.25, 0.3) is 0 Å². The molecule has 0 aliphatic rings. The maximum Gasteiger partial charge on any atom is 0.240 e. The Hall–Kier alpha value is -1.13. The number of halogens is 2. The maximum atomic E-state index is 6.00. The summed E-state index contributed by atoms with van der Waals surface area (Å²) in [6.07, 6.45) is 3.19. The number of rotatable bonds is 2. The fourth-order valence-electron chi connectivity index (χ4n) is 1.15. The van der Waals surface area contributed by atoms with Crippen LogP contribution in [0.1, 0.15) is 5.69 Å². The molecule has 0 unspecified atom stereocenters. The van der Waals surface area contributed by atoms with Crippen molar-refractivity contribution in [2.45, 2.75) is 6.92 Å². The van der Waals surface area contributed by atoms with Gasteiger partial charge >= 0.3 is 0 Å². The second-order valence-corrected chi connectivity index (χ2v) is 4.45. The normalized spacial score (nSPS) is 10.2. The molecular formula is C11H8BrClN2O. The summed E-state index contributed by atoms with van der Waals surface area (Å²) in [5.41, 5.74) is 0.721. The Morgan fingerprint density at radius 2 is 2.00 bits per heavy atom. The van der Waals surface area contributed by atoms with Gasteiger partial charge in [0.2, 0.25) is 5.88 Å².